The SMILES string of the molecule is CCC(CCN)Sc1ccc2c(c1)OCCCO2. The van der Waals surface area contributed by atoms with Crippen LogP contribution in [0.5, 0.6) is 11.5 Å². The lowest BCUT2D eigenvalue weighted by atomic mass is 10.2. The molecule has 0 aromatic heterocycles. The Morgan fingerprint density at radius 3 is 2.78 bits per heavy atom. The molecule has 18 heavy (non-hydrogen) atoms. The first-order valence-corrected chi connectivity index (χ1v) is 7.47. The van der Waals surface area contributed by atoms with Gasteiger partial charge in [-0.1, -0.05) is 6.92 Å². The Hall–Kier alpha value is -0.870. The second-order valence-electron chi connectivity index (χ2n) is 4.38. The van der Waals surface area contributed by atoms with Crippen LogP contribution in [0, 0.1) is 0 Å². The van der Waals surface area contributed by atoms with E-state index in [-0.39, 0.29) is 0 Å². The van der Waals surface area contributed by atoms with Gasteiger partial charge in [0, 0.05) is 16.6 Å². The molecule has 1 atom stereocenters. The molecule has 1 aliphatic rings. The molecule has 4 heteroatoms. The van der Waals surface area contributed by atoms with Crippen LogP contribution in [0.3, 0.4) is 0 Å². The highest BCUT2D eigenvalue weighted by atomic mass is 32.2. The summed E-state index contributed by atoms with van der Waals surface area (Å²) in [5.74, 6) is 1.74. The summed E-state index contributed by atoms with van der Waals surface area (Å²) in [6.07, 6.45) is 3.13. The van der Waals surface area contributed by atoms with E-state index in [1.54, 1.807) is 0 Å². The van der Waals surface area contributed by atoms with Crippen LogP contribution >= 0.6 is 11.8 Å². The van der Waals surface area contributed by atoms with Crippen molar-refractivity contribution in [2.24, 2.45) is 5.73 Å². The predicted octanol–water partition coefficient (Wildman–Crippen LogP) is 3.07. The van der Waals surface area contributed by atoms with E-state index in [9.17, 15) is 0 Å². The fourth-order valence-corrected chi connectivity index (χ4v) is 3.07. The quantitative estimate of drug-likeness (QED) is 0.833. The van der Waals surface area contributed by atoms with E-state index in [0.29, 0.717) is 5.25 Å². The van der Waals surface area contributed by atoms with Crippen LogP contribution in [0.25, 0.3) is 0 Å². The van der Waals surface area contributed by atoms with E-state index in [4.69, 9.17) is 15.2 Å². The van der Waals surface area contributed by atoms with Crippen molar-refractivity contribution in [1.29, 1.82) is 0 Å². The first kappa shape index (κ1) is 13.6. The molecule has 1 aromatic carbocycles. The van der Waals surface area contributed by atoms with Gasteiger partial charge in [-0.05, 0) is 37.6 Å². The third kappa shape index (κ3) is 3.56. The number of hydrogen-bond acceptors (Lipinski definition) is 4. The number of ether oxygens (including phenoxy) is 2. The molecule has 3 nitrogen and oxygen atoms in total. The minimum Gasteiger partial charge on any atom is -0.490 e. The Balaban J connectivity index is 2.07. The molecule has 0 fully saturated rings. The van der Waals surface area contributed by atoms with Crippen LogP contribution in [0.4, 0.5) is 0 Å². The summed E-state index contributed by atoms with van der Waals surface area (Å²) in [6.45, 7) is 4.43. The summed E-state index contributed by atoms with van der Waals surface area (Å²) in [5, 5.41) is 0.583. The zero-order valence-electron chi connectivity index (χ0n) is 10.9. The second-order valence-corrected chi connectivity index (χ2v) is 5.76. The average Bonchev–Trinajstić information content (AvgIpc) is 2.63. The molecule has 1 unspecified atom stereocenters. The molecule has 1 heterocycles. The van der Waals surface area contributed by atoms with Crippen molar-refractivity contribution in [1.82, 2.24) is 0 Å². The lowest BCUT2D eigenvalue weighted by molar-refractivity contribution is 0.297. The van der Waals surface area contributed by atoms with E-state index in [2.05, 4.69) is 19.1 Å². The maximum atomic E-state index is 5.70. The number of fused-ring (bicyclic) bond motifs is 1. The highest BCUT2D eigenvalue weighted by Gasteiger charge is 2.13. The summed E-state index contributed by atoms with van der Waals surface area (Å²) >= 11 is 1.88. The van der Waals surface area contributed by atoms with Crippen LogP contribution in [-0.2, 0) is 0 Å². The van der Waals surface area contributed by atoms with Gasteiger partial charge in [-0.15, -0.1) is 11.8 Å². The molecule has 0 amide bonds. The zero-order valence-corrected chi connectivity index (χ0v) is 11.7. The Labute approximate surface area is 113 Å². The lowest BCUT2D eigenvalue weighted by Crippen LogP contribution is -2.09. The van der Waals surface area contributed by atoms with Crippen molar-refractivity contribution in [3.05, 3.63) is 18.2 Å². The second kappa shape index (κ2) is 6.90. The number of nitrogens with two attached hydrogens (primary N) is 1. The summed E-state index contributed by atoms with van der Waals surface area (Å²) in [4.78, 5) is 1.24. The molecule has 0 saturated heterocycles. The molecule has 0 bridgehead atoms. The summed E-state index contributed by atoms with van der Waals surface area (Å²) in [6, 6.07) is 6.21. The van der Waals surface area contributed by atoms with Gasteiger partial charge < -0.3 is 15.2 Å². The van der Waals surface area contributed by atoms with Gasteiger partial charge in [-0.25, -0.2) is 0 Å². The normalized spacial score (nSPS) is 16.1. The Bertz CT molecular complexity index is 384. The van der Waals surface area contributed by atoms with Gasteiger partial charge in [-0.2, -0.15) is 0 Å². The van der Waals surface area contributed by atoms with E-state index in [1.807, 2.05) is 17.8 Å². The molecule has 0 aliphatic carbocycles. The number of thioether (sulfide) groups is 1. The molecule has 1 aromatic rings. The van der Waals surface area contributed by atoms with Crippen molar-refractivity contribution in [2.45, 2.75) is 36.3 Å². The fourth-order valence-electron chi connectivity index (χ4n) is 1.94. The Morgan fingerprint density at radius 1 is 1.28 bits per heavy atom. The summed E-state index contributed by atoms with van der Waals surface area (Å²) in [7, 11) is 0. The van der Waals surface area contributed by atoms with Crippen LogP contribution in [0.2, 0.25) is 0 Å². The van der Waals surface area contributed by atoms with Gasteiger partial charge in [0.15, 0.2) is 11.5 Å². The van der Waals surface area contributed by atoms with E-state index >= 15 is 0 Å². The number of benzene rings is 1. The molecule has 0 spiro atoms. The first-order valence-electron chi connectivity index (χ1n) is 6.60. The number of hydrogen-bond donors (Lipinski definition) is 1. The van der Waals surface area contributed by atoms with Crippen LogP contribution in [-0.4, -0.2) is 25.0 Å². The Morgan fingerprint density at radius 2 is 2.06 bits per heavy atom. The van der Waals surface area contributed by atoms with E-state index in [0.717, 1.165) is 50.5 Å². The van der Waals surface area contributed by atoms with Gasteiger partial charge in [0.25, 0.3) is 0 Å². The average molecular weight is 267 g/mol. The lowest BCUT2D eigenvalue weighted by Gasteiger charge is -2.14. The zero-order chi connectivity index (χ0) is 12.8. The molecule has 0 saturated carbocycles. The van der Waals surface area contributed by atoms with Gasteiger partial charge in [0.1, 0.15) is 0 Å². The largest absolute Gasteiger partial charge is 0.490 e. The highest BCUT2D eigenvalue weighted by Crippen LogP contribution is 2.36. The maximum absolute atomic E-state index is 5.70. The molecule has 1 aliphatic heterocycles. The van der Waals surface area contributed by atoms with Crippen LogP contribution < -0.4 is 15.2 Å². The Kier molecular flexibility index (Phi) is 5.20. The molecule has 2 N–H and O–H groups in total. The van der Waals surface area contributed by atoms with Crippen molar-refractivity contribution < 1.29 is 9.47 Å². The van der Waals surface area contributed by atoms with Crippen molar-refractivity contribution >= 4 is 11.8 Å². The molecular weight excluding hydrogens is 246 g/mol. The molecular formula is C14H21NO2S. The minimum absolute atomic E-state index is 0.583. The molecule has 2 rings (SSSR count). The van der Waals surface area contributed by atoms with Crippen molar-refractivity contribution in [3.63, 3.8) is 0 Å². The van der Waals surface area contributed by atoms with Crippen LogP contribution in [0.1, 0.15) is 26.2 Å². The van der Waals surface area contributed by atoms with Crippen molar-refractivity contribution in [3.8, 4) is 11.5 Å². The molecule has 100 valence electrons. The highest BCUT2D eigenvalue weighted by molar-refractivity contribution is 8.00. The van der Waals surface area contributed by atoms with Gasteiger partial charge in [0.2, 0.25) is 0 Å². The predicted molar refractivity (Wildman–Crippen MR) is 75.7 cm³/mol. The van der Waals surface area contributed by atoms with Gasteiger partial charge in [-0.3, -0.25) is 0 Å². The number of rotatable bonds is 5. The summed E-state index contributed by atoms with van der Waals surface area (Å²) < 4.78 is 11.3. The first-order chi connectivity index (χ1) is 8.83. The van der Waals surface area contributed by atoms with E-state index < -0.39 is 0 Å². The maximum Gasteiger partial charge on any atom is 0.162 e. The third-order valence-electron chi connectivity index (χ3n) is 2.97. The minimum atomic E-state index is 0.583. The standard InChI is InChI=1S/C14H21NO2S/c1-2-11(6-7-15)18-12-4-5-13-14(10-12)17-9-3-8-16-13/h4-5,10-11H,2-3,6-9,15H2,1H3. The van der Waals surface area contributed by atoms with Gasteiger partial charge in [0.05, 0.1) is 13.2 Å². The third-order valence-corrected chi connectivity index (χ3v) is 4.39. The fraction of sp³-hybridized carbons (Fsp3) is 0.571. The van der Waals surface area contributed by atoms with E-state index in [1.165, 1.54) is 4.90 Å². The van der Waals surface area contributed by atoms with Gasteiger partial charge >= 0.3 is 0 Å². The smallest absolute Gasteiger partial charge is 0.162 e. The molecule has 0 radical (unpaired) electrons. The topological polar surface area (TPSA) is 44.5 Å². The van der Waals surface area contributed by atoms with Crippen LogP contribution in [0.15, 0.2) is 23.1 Å². The summed E-state index contributed by atoms with van der Waals surface area (Å²) in [5.41, 5.74) is 5.63. The monoisotopic (exact) mass is 267 g/mol. The van der Waals surface area contributed by atoms with Crippen molar-refractivity contribution in [2.75, 3.05) is 19.8 Å².